The molecule has 0 saturated heterocycles. The Morgan fingerprint density at radius 2 is 0.458 bits per heavy atom. The number of carbonyl (C=O) groups excluding carboxylic acids is 4. The second kappa shape index (κ2) is 62.0. The molecule has 0 aliphatic carbocycles. The molecule has 0 bridgehead atoms. The van der Waals surface area contributed by atoms with Crippen molar-refractivity contribution in [3.05, 3.63) is 24.7 Å². The van der Waals surface area contributed by atoms with Crippen molar-refractivity contribution in [1.29, 1.82) is 0 Å². The third-order valence-electron chi connectivity index (χ3n) is 16.4. The lowest BCUT2D eigenvalue weighted by atomic mass is 9.99. The molecule has 0 aliphatic heterocycles. The van der Waals surface area contributed by atoms with Crippen LogP contribution in [0.25, 0.3) is 0 Å². The van der Waals surface area contributed by atoms with Crippen LogP contribution in [0.2, 0.25) is 0 Å². The quantitative estimate of drug-likeness (QED) is 0.0252. The van der Waals surface area contributed by atoms with Crippen molar-refractivity contribution in [2.24, 2.45) is 0 Å². The third-order valence-corrected chi connectivity index (χ3v) is 16.4. The Bertz CT molecular complexity index is 1500. The van der Waals surface area contributed by atoms with Crippen molar-refractivity contribution in [3.63, 3.8) is 0 Å². The van der Waals surface area contributed by atoms with Gasteiger partial charge in [-0.15, -0.1) is 0 Å². The first kappa shape index (κ1) is 80.0. The first-order valence-corrected chi connectivity index (χ1v) is 35.9. The van der Waals surface area contributed by atoms with Gasteiger partial charge in [0.2, 0.25) is 0 Å². The molecule has 83 heavy (non-hydrogen) atoms. The van der Waals surface area contributed by atoms with Crippen molar-refractivity contribution >= 4 is 23.9 Å². The van der Waals surface area contributed by atoms with E-state index in [0.29, 0.717) is 32.1 Å². The molecule has 0 heterocycles. The Morgan fingerprint density at radius 3 is 0.771 bits per heavy atom. The van der Waals surface area contributed by atoms with E-state index in [1.54, 1.807) is 0 Å². The maximum absolute atomic E-state index is 13.0. The van der Waals surface area contributed by atoms with Gasteiger partial charge < -0.3 is 28.4 Å². The molecule has 4 atom stereocenters. The number of unbranched alkanes of at least 4 members (excludes halogenated alkanes) is 30. The summed E-state index contributed by atoms with van der Waals surface area (Å²) < 4.78 is 36.2. The molecular weight excluding hydrogens is 1040 g/mol. The van der Waals surface area contributed by atoms with Gasteiger partial charge in [0.15, 0.2) is 0 Å². The molecule has 10 nitrogen and oxygen atoms in total. The Labute approximate surface area is 513 Å². The van der Waals surface area contributed by atoms with Gasteiger partial charge in [0, 0.05) is 44.9 Å². The Hall–Kier alpha value is -3.04. The van der Waals surface area contributed by atoms with Crippen LogP contribution in [-0.2, 0) is 47.6 Å². The minimum absolute atomic E-state index is 0.0568. The van der Waals surface area contributed by atoms with E-state index in [2.05, 4.69) is 54.7 Å². The zero-order chi connectivity index (χ0) is 60.9. The molecule has 0 aliphatic rings. The first-order chi connectivity index (χ1) is 40.5. The third kappa shape index (κ3) is 56.5. The largest absolute Gasteiger partial charge is 0.495 e. The van der Waals surface area contributed by atoms with Crippen LogP contribution in [0.5, 0.6) is 0 Å². The van der Waals surface area contributed by atoms with Gasteiger partial charge in [0.05, 0.1) is 36.9 Å². The zero-order valence-corrected chi connectivity index (χ0v) is 55.7. The smallest absolute Gasteiger partial charge is 0.306 e. The van der Waals surface area contributed by atoms with Crippen molar-refractivity contribution < 1.29 is 47.6 Å². The highest BCUT2D eigenvalue weighted by molar-refractivity contribution is 5.70. The number of ether oxygens (including phenoxy) is 6. The summed E-state index contributed by atoms with van der Waals surface area (Å²) in [6, 6.07) is 0. The molecule has 0 rings (SSSR count). The molecule has 488 valence electrons. The summed E-state index contributed by atoms with van der Waals surface area (Å²) in [6.45, 7) is 22.5. The van der Waals surface area contributed by atoms with Crippen molar-refractivity contribution in [2.75, 3.05) is 13.2 Å². The van der Waals surface area contributed by atoms with Crippen molar-refractivity contribution in [2.45, 2.75) is 406 Å². The van der Waals surface area contributed by atoms with Crippen molar-refractivity contribution in [3.8, 4) is 0 Å². The van der Waals surface area contributed by atoms with Gasteiger partial charge in [-0.2, -0.15) is 0 Å². The molecule has 4 unspecified atom stereocenters. The SMILES string of the molecule is C=C(CCCCCCC)OC(CCCCC)CCC(CCCCCCCCC(=O)OCCCOC(=O)CCCCCCCC(CCC(CCCCCC)OC(=C)CCCCCCC)OC(=O)CCCCCCC)OC(=O)CCCCCCC. The van der Waals surface area contributed by atoms with Gasteiger partial charge in [-0.05, 0) is 116 Å². The summed E-state index contributed by atoms with van der Waals surface area (Å²) in [7, 11) is 0. The van der Waals surface area contributed by atoms with E-state index in [4.69, 9.17) is 28.4 Å². The monoisotopic (exact) mass is 1170 g/mol. The first-order valence-electron chi connectivity index (χ1n) is 35.9. The fourth-order valence-corrected chi connectivity index (χ4v) is 11.0. The number of esters is 4. The molecular formula is C73H136O10. The van der Waals surface area contributed by atoms with Crippen molar-refractivity contribution in [1.82, 2.24) is 0 Å². The summed E-state index contributed by atoms with van der Waals surface area (Å²) in [4.78, 5) is 50.9. The van der Waals surface area contributed by atoms with Crippen LogP contribution < -0.4 is 0 Å². The standard InChI is InChI=1S/C73H136O10/c1-9-15-21-29-38-48-64(7)80-66(50-37-20-14-6)58-60-68(82-72(76)56-45-31-23-17-11-3)52-41-33-26-27-35-43-54-70(74)78-62-47-63-79-71(75)55-44-36-28-34-42-53-69(83-73(77)57-46-32-24-18-12-4)61-59-67(51-40-25-19-13-5)81-65(8)49-39-30-22-16-10-2/h66-69H,7-63H2,1-6H3. The summed E-state index contributed by atoms with van der Waals surface area (Å²) in [5.74, 6) is 1.30. The predicted octanol–water partition coefficient (Wildman–Crippen LogP) is 22.5. The Morgan fingerprint density at radius 1 is 0.241 bits per heavy atom. The molecule has 0 amide bonds. The van der Waals surface area contributed by atoms with Crippen LogP contribution in [0.4, 0.5) is 0 Å². The van der Waals surface area contributed by atoms with E-state index in [1.807, 2.05) is 0 Å². The molecule has 0 N–H and O–H groups in total. The van der Waals surface area contributed by atoms with E-state index in [1.165, 1.54) is 122 Å². The molecule has 0 aromatic carbocycles. The van der Waals surface area contributed by atoms with Crippen LogP contribution in [0.3, 0.4) is 0 Å². The second-order valence-corrected chi connectivity index (χ2v) is 24.7. The summed E-state index contributed by atoms with van der Waals surface area (Å²) in [5.41, 5.74) is 0. The van der Waals surface area contributed by atoms with E-state index in [9.17, 15) is 19.2 Å². The number of rotatable bonds is 66. The fraction of sp³-hybridized carbons (Fsp3) is 0.890. The normalized spacial score (nSPS) is 12.8. The van der Waals surface area contributed by atoms with E-state index < -0.39 is 0 Å². The number of carbonyl (C=O) groups is 4. The lowest BCUT2D eigenvalue weighted by Crippen LogP contribution is -2.22. The fourth-order valence-electron chi connectivity index (χ4n) is 11.0. The second-order valence-electron chi connectivity index (χ2n) is 24.7. The lowest BCUT2D eigenvalue weighted by molar-refractivity contribution is -0.151. The maximum Gasteiger partial charge on any atom is 0.306 e. The molecule has 10 heteroatoms. The van der Waals surface area contributed by atoms with Gasteiger partial charge in [-0.3, -0.25) is 19.2 Å². The van der Waals surface area contributed by atoms with Gasteiger partial charge in [0.25, 0.3) is 0 Å². The highest BCUT2D eigenvalue weighted by Crippen LogP contribution is 2.26. The molecule has 0 spiro atoms. The van der Waals surface area contributed by atoms with Crippen LogP contribution in [-0.4, -0.2) is 61.5 Å². The maximum atomic E-state index is 13.0. The topological polar surface area (TPSA) is 124 Å². The van der Waals surface area contributed by atoms with Gasteiger partial charge in [0.1, 0.15) is 12.2 Å². The predicted molar refractivity (Wildman–Crippen MR) is 348 cm³/mol. The highest BCUT2D eigenvalue weighted by atomic mass is 16.6. The summed E-state index contributed by atoms with van der Waals surface area (Å²) in [6.07, 6.45) is 53.9. The molecule has 0 aromatic heterocycles. The average Bonchev–Trinajstić information content (AvgIpc) is 3.46. The Balaban J connectivity index is 4.66. The summed E-state index contributed by atoms with van der Waals surface area (Å²) in [5, 5.41) is 0. The Kier molecular flexibility index (Phi) is 59.8. The van der Waals surface area contributed by atoms with Gasteiger partial charge >= 0.3 is 23.9 Å². The van der Waals surface area contributed by atoms with E-state index >= 15 is 0 Å². The summed E-state index contributed by atoms with van der Waals surface area (Å²) >= 11 is 0. The van der Waals surface area contributed by atoms with Crippen LogP contribution >= 0.6 is 0 Å². The zero-order valence-electron chi connectivity index (χ0n) is 55.7. The minimum Gasteiger partial charge on any atom is -0.495 e. The van der Waals surface area contributed by atoms with E-state index in [0.717, 1.165) is 198 Å². The molecule has 0 fully saturated rings. The number of allylic oxidation sites excluding steroid dienone is 2. The molecule has 0 saturated carbocycles. The number of hydrogen-bond acceptors (Lipinski definition) is 10. The lowest BCUT2D eigenvalue weighted by Gasteiger charge is -2.24. The number of hydrogen-bond donors (Lipinski definition) is 0. The highest BCUT2D eigenvalue weighted by Gasteiger charge is 2.21. The molecule has 0 radical (unpaired) electrons. The average molecular weight is 1170 g/mol. The minimum atomic E-state index is -0.199. The van der Waals surface area contributed by atoms with Crippen LogP contribution in [0.1, 0.15) is 382 Å². The van der Waals surface area contributed by atoms with Gasteiger partial charge in [-0.25, -0.2) is 0 Å². The van der Waals surface area contributed by atoms with Crippen LogP contribution in [0, 0.1) is 0 Å². The van der Waals surface area contributed by atoms with Crippen LogP contribution in [0.15, 0.2) is 24.7 Å². The van der Waals surface area contributed by atoms with Gasteiger partial charge in [-0.1, -0.05) is 234 Å². The molecule has 0 aromatic rings. The van der Waals surface area contributed by atoms with E-state index in [-0.39, 0.29) is 61.5 Å².